The number of hydrogen-bond acceptors (Lipinski definition) is 3. The monoisotopic (exact) mass is 339 g/mol. The molecule has 0 amide bonds. The Morgan fingerprint density at radius 2 is 2.10 bits per heavy atom. The average molecular weight is 340 g/mol. The lowest BCUT2D eigenvalue weighted by Gasteiger charge is -2.10. The highest BCUT2D eigenvalue weighted by Crippen LogP contribution is 2.25. The third-order valence-corrected chi connectivity index (χ3v) is 3.27. The van der Waals surface area contributed by atoms with Crippen LogP contribution in [0.15, 0.2) is 40.9 Å². The molecule has 0 spiro atoms. The van der Waals surface area contributed by atoms with Gasteiger partial charge in [-0.15, -0.1) is 0 Å². The molecule has 0 saturated heterocycles. The van der Waals surface area contributed by atoms with E-state index in [2.05, 4.69) is 15.9 Å². The maximum Gasteiger partial charge on any atom is 0.305 e. The van der Waals surface area contributed by atoms with Gasteiger partial charge in [0.05, 0.1) is 4.92 Å². The van der Waals surface area contributed by atoms with Crippen molar-refractivity contribution in [2.24, 2.45) is 0 Å². The summed E-state index contributed by atoms with van der Waals surface area (Å²) >= 11 is 3.34. The first-order valence-corrected chi connectivity index (χ1v) is 6.59. The van der Waals surface area contributed by atoms with Gasteiger partial charge in [-0.05, 0) is 30.7 Å². The molecule has 0 bridgehead atoms. The Balaban J connectivity index is 2.19. The van der Waals surface area contributed by atoms with Crippen LogP contribution in [0.3, 0.4) is 0 Å². The second kappa shape index (κ2) is 6.00. The van der Waals surface area contributed by atoms with Gasteiger partial charge in [0.1, 0.15) is 12.4 Å². The number of hydrogen-bond donors (Lipinski definition) is 0. The van der Waals surface area contributed by atoms with E-state index < -0.39 is 16.4 Å². The van der Waals surface area contributed by atoms with Crippen molar-refractivity contribution >= 4 is 21.6 Å². The Kier molecular flexibility index (Phi) is 4.34. The molecular formula is C14H11BrFNO3. The van der Waals surface area contributed by atoms with Crippen molar-refractivity contribution in [1.29, 1.82) is 0 Å². The van der Waals surface area contributed by atoms with Crippen LogP contribution in [0.2, 0.25) is 0 Å². The fraction of sp³-hybridized carbons (Fsp3) is 0.143. The molecule has 0 aliphatic heterocycles. The van der Waals surface area contributed by atoms with E-state index in [0.717, 1.165) is 16.1 Å². The van der Waals surface area contributed by atoms with Crippen molar-refractivity contribution in [1.82, 2.24) is 0 Å². The third-order valence-electron chi connectivity index (χ3n) is 2.78. The number of ether oxygens (including phenoxy) is 1. The zero-order valence-corrected chi connectivity index (χ0v) is 12.2. The first-order valence-electron chi connectivity index (χ1n) is 5.80. The molecule has 0 aliphatic carbocycles. The van der Waals surface area contributed by atoms with E-state index >= 15 is 0 Å². The molecule has 0 aliphatic rings. The second-order valence-electron chi connectivity index (χ2n) is 4.21. The number of nitro groups is 1. The Morgan fingerprint density at radius 1 is 1.35 bits per heavy atom. The first kappa shape index (κ1) is 14.5. The topological polar surface area (TPSA) is 52.4 Å². The standard InChI is InChI=1S/C14H11BrFNO3/c1-9-7-11(15)5-6-13(9)20-8-10-3-2-4-12(14(10)16)17(18)19/h2-7H,8H2,1H3. The van der Waals surface area contributed by atoms with Crippen molar-refractivity contribution in [2.75, 3.05) is 0 Å². The van der Waals surface area contributed by atoms with Crippen molar-refractivity contribution < 1.29 is 14.1 Å². The SMILES string of the molecule is Cc1cc(Br)ccc1OCc1cccc([N+](=O)[O-])c1F. The number of nitro benzene ring substituents is 1. The van der Waals surface area contributed by atoms with E-state index in [4.69, 9.17) is 4.74 Å². The minimum atomic E-state index is -0.854. The molecule has 104 valence electrons. The Labute approximate surface area is 123 Å². The van der Waals surface area contributed by atoms with Crippen molar-refractivity contribution in [3.8, 4) is 5.75 Å². The van der Waals surface area contributed by atoms with Gasteiger partial charge < -0.3 is 4.74 Å². The number of aryl methyl sites for hydroxylation is 1. The molecule has 0 saturated carbocycles. The molecule has 2 aromatic rings. The van der Waals surface area contributed by atoms with Gasteiger partial charge in [0.2, 0.25) is 5.82 Å². The minimum absolute atomic E-state index is 0.0595. The first-order chi connectivity index (χ1) is 9.49. The number of nitrogens with zero attached hydrogens (tertiary/aromatic N) is 1. The lowest BCUT2D eigenvalue weighted by molar-refractivity contribution is -0.387. The Bertz CT molecular complexity index is 661. The van der Waals surface area contributed by atoms with Gasteiger partial charge in [-0.1, -0.05) is 28.1 Å². The molecule has 0 unspecified atom stereocenters. The van der Waals surface area contributed by atoms with Gasteiger partial charge in [0.15, 0.2) is 0 Å². The maximum absolute atomic E-state index is 13.9. The van der Waals surface area contributed by atoms with Gasteiger partial charge in [-0.25, -0.2) is 0 Å². The second-order valence-corrected chi connectivity index (χ2v) is 5.12. The molecule has 0 radical (unpaired) electrons. The van der Waals surface area contributed by atoms with Crippen LogP contribution in [0.4, 0.5) is 10.1 Å². The summed E-state index contributed by atoms with van der Waals surface area (Å²) in [5, 5.41) is 10.7. The van der Waals surface area contributed by atoms with Crippen LogP contribution in [0, 0.1) is 22.9 Å². The van der Waals surface area contributed by atoms with Crippen LogP contribution in [-0.2, 0) is 6.61 Å². The molecule has 2 aromatic carbocycles. The lowest BCUT2D eigenvalue weighted by Crippen LogP contribution is -2.02. The van der Waals surface area contributed by atoms with Gasteiger partial charge in [-0.2, -0.15) is 4.39 Å². The Hall–Kier alpha value is -1.95. The fourth-order valence-electron chi connectivity index (χ4n) is 1.75. The van der Waals surface area contributed by atoms with Crippen molar-refractivity contribution in [2.45, 2.75) is 13.5 Å². The summed E-state index contributed by atoms with van der Waals surface area (Å²) in [6.07, 6.45) is 0. The fourth-order valence-corrected chi connectivity index (χ4v) is 2.22. The van der Waals surface area contributed by atoms with E-state index in [9.17, 15) is 14.5 Å². The van der Waals surface area contributed by atoms with E-state index in [-0.39, 0.29) is 12.2 Å². The van der Waals surface area contributed by atoms with Crippen LogP contribution < -0.4 is 4.74 Å². The van der Waals surface area contributed by atoms with Crippen molar-refractivity contribution in [3.63, 3.8) is 0 Å². The van der Waals surface area contributed by atoms with Crippen molar-refractivity contribution in [3.05, 3.63) is 67.9 Å². The van der Waals surface area contributed by atoms with Gasteiger partial charge in [0, 0.05) is 16.1 Å². The van der Waals surface area contributed by atoms with E-state index in [1.807, 2.05) is 19.1 Å². The van der Waals surface area contributed by atoms with E-state index in [0.29, 0.717) is 5.75 Å². The van der Waals surface area contributed by atoms with Gasteiger partial charge in [0.25, 0.3) is 0 Å². The highest BCUT2D eigenvalue weighted by molar-refractivity contribution is 9.10. The van der Waals surface area contributed by atoms with Crippen LogP contribution in [0.5, 0.6) is 5.75 Å². The van der Waals surface area contributed by atoms with Crippen LogP contribution >= 0.6 is 15.9 Å². The lowest BCUT2D eigenvalue weighted by atomic mass is 10.2. The quantitative estimate of drug-likeness (QED) is 0.613. The van der Waals surface area contributed by atoms with Gasteiger partial charge >= 0.3 is 5.69 Å². The summed E-state index contributed by atoms with van der Waals surface area (Å²) in [6, 6.07) is 9.48. The number of benzene rings is 2. The molecule has 0 atom stereocenters. The third kappa shape index (κ3) is 3.14. The number of rotatable bonds is 4. The molecule has 0 heterocycles. The smallest absolute Gasteiger partial charge is 0.305 e. The Morgan fingerprint density at radius 3 is 2.75 bits per heavy atom. The summed E-state index contributed by atoms with van der Waals surface area (Å²) in [4.78, 5) is 9.91. The van der Waals surface area contributed by atoms with Crippen LogP contribution in [0.1, 0.15) is 11.1 Å². The predicted octanol–water partition coefficient (Wildman–Crippen LogP) is 4.38. The molecule has 6 heteroatoms. The summed E-state index contributed by atoms with van der Waals surface area (Å²) < 4.78 is 20.3. The van der Waals surface area contributed by atoms with E-state index in [1.54, 1.807) is 6.07 Å². The van der Waals surface area contributed by atoms with E-state index in [1.165, 1.54) is 12.1 Å². The molecule has 0 N–H and O–H groups in total. The largest absolute Gasteiger partial charge is 0.489 e. The number of halogens is 2. The minimum Gasteiger partial charge on any atom is -0.489 e. The summed E-state index contributed by atoms with van der Waals surface area (Å²) in [5.41, 5.74) is 0.505. The zero-order chi connectivity index (χ0) is 14.7. The molecule has 0 aromatic heterocycles. The normalized spacial score (nSPS) is 10.3. The van der Waals surface area contributed by atoms with Crippen LogP contribution in [0.25, 0.3) is 0 Å². The highest BCUT2D eigenvalue weighted by Gasteiger charge is 2.17. The van der Waals surface area contributed by atoms with Crippen LogP contribution in [-0.4, -0.2) is 4.92 Å². The summed E-state index contributed by atoms with van der Waals surface area (Å²) in [5.74, 6) is -0.244. The molecular weight excluding hydrogens is 329 g/mol. The molecule has 20 heavy (non-hydrogen) atoms. The molecule has 4 nitrogen and oxygen atoms in total. The molecule has 0 fully saturated rings. The zero-order valence-electron chi connectivity index (χ0n) is 10.6. The predicted molar refractivity (Wildman–Crippen MR) is 76.3 cm³/mol. The average Bonchev–Trinajstić information content (AvgIpc) is 2.39. The molecule has 2 rings (SSSR count). The highest BCUT2D eigenvalue weighted by atomic mass is 79.9. The summed E-state index contributed by atoms with van der Waals surface area (Å²) in [7, 11) is 0. The summed E-state index contributed by atoms with van der Waals surface area (Å²) in [6.45, 7) is 1.81. The maximum atomic E-state index is 13.9. The van der Waals surface area contributed by atoms with Gasteiger partial charge in [-0.3, -0.25) is 10.1 Å².